The maximum atomic E-state index is 5.45. The summed E-state index contributed by atoms with van der Waals surface area (Å²) in [6, 6.07) is 8.21. The summed E-state index contributed by atoms with van der Waals surface area (Å²) in [6.07, 6.45) is 4.78. The molecule has 23 heavy (non-hydrogen) atoms. The van der Waals surface area contributed by atoms with Crippen LogP contribution in [0, 0.1) is 0 Å². The lowest BCUT2D eigenvalue weighted by Crippen LogP contribution is -2.47. The number of fused-ring (bicyclic) bond motifs is 1. The average Bonchev–Trinajstić information content (AvgIpc) is 3.01. The van der Waals surface area contributed by atoms with E-state index in [1.54, 1.807) is 0 Å². The van der Waals surface area contributed by atoms with Gasteiger partial charge in [-0.3, -0.25) is 0 Å². The van der Waals surface area contributed by atoms with Crippen molar-refractivity contribution in [3.63, 3.8) is 0 Å². The summed E-state index contributed by atoms with van der Waals surface area (Å²) in [7, 11) is 0. The van der Waals surface area contributed by atoms with Gasteiger partial charge in [-0.1, -0.05) is 6.07 Å². The van der Waals surface area contributed by atoms with Crippen molar-refractivity contribution >= 4 is 0 Å². The van der Waals surface area contributed by atoms with Crippen LogP contribution >= 0.6 is 0 Å². The van der Waals surface area contributed by atoms with Crippen molar-refractivity contribution in [3.05, 3.63) is 23.8 Å². The summed E-state index contributed by atoms with van der Waals surface area (Å²) < 4.78 is 10.8. The Hall–Kier alpha value is -1.26. The molecule has 3 rings (SSSR count). The molecule has 0 amide bonds. The van der Waals surface area contributed by atoms with E-state index in [0.717, 1.165) is 24.3 Å². The van der Waals surface area contributed by atoms with Crippen LogP contribution in [0.3, 0.4) is 0 Å². The Morgan fingerprint density at radius 1 is 1.13 bits per heavy atom. The molecule has 4 nitrogen and oxygen atoms in total. The predicted octanol–water partition coefficient (Wildman–Crippen LogP) is 3.20. The minimum Gasteiger partial charge on any atom is -0.454 e. The molecule has 0 spiro atoms. The van der Waals surface area contributed by atoms with Gasteiger partial charge in [-0.15, -0.1) is 0 Å². The molecule has 2 aliphatic heterocycles. The van der Waals surface area contributed by atoms with Gasteiger partial charge < -0.3 is 19.7 Å². The average molecular weight is 318 g/mol. The van der Waals surface area contributed by atoms with Crippen LogP contribution in [-0.4, -0.2) is 42.9 Å². The smallest absolute Gasteiger partial charge is 0.231 e. The molecule has 0 aromatic heterocycles. The quantitative estimate of drug-likeness (QED) is 0.873. The molecule has 1 aromatic carbocycles. The lowest BCUT2D eigenvalue weighted by Gasteiger charge is -2.36. The molecular formula is C19H30N2O2. The highest BCUT2D eigenvalue weighted by Crippen LogP contribution is 2.32. The van der Waals surface area contributed by atoms with Crippen molar-refractivity contribution in [2.75, 3.05) is 19.9 Å². The fourth-order valence-corrected chi connectivity index (χ4v) is 3.55. The molecule has 1 fully saturated rings. The molecule has 0 radical (unpaired) electrons. The zero-order valence-electron chi connectivity index (χ0n) is 14.7. The number of hydrogen-bond acceptors (Lipinski definition) is 4. The second-order valence-corrected chi connectivity index (χ2v) is 7.20. The van der Waals surface area contributed by atoms with Gasteiger partial charge in [-0.25, -0.2) is 0 Å². The van der Waals surface area contributed by atoms with Crippen molar-refractivity contribution in [2.45, 2.75) is 64.6 Å². The fourth-order valence-electron chi connectivity index (χ4n) is 3.55. The number of likely N-dealkylation sites (tertiary alicyclic amines) is 1. The van der Waals surface area contributed by atoms with Gasteiger partial charge in [-0.2, -0.15) is 0 Å². The Balaban J connectivity index is 1.41. The van der Waals surface area contributed by atoms with E-state index < -0.39 is 0 Å². The summed E-state index contributed by atoms with van der Waals surface area (Å²) in [4.78, 5) is 2.58. The summed E-state index contributed by atoms with van der Waals surface area (Å²) in [5.74, 6) is 1.76. The van der Waals surface area contributed by atoms with E-state index in [9.17, 15) is 0 Å². The number of ether oxygens (including phenoxy) is 2. The summed E-state index contributed by atoms with van der Waals surface area (Å²) in [5, 5.41) is 3.82. The molecular weight excluding hydrogens is 288 g/mol. The van der Waals surface area contributed by atoms with E-state index in [1.807, 2.05) is 6.07 Å². The molecule has 2 aliphatic rings. The maximum absolute atomic E-state index is 5.45. The third kappa shape index (κ3) is 4.39. The summed E-state index contributed by atoms with van der Waals surface area (Å²) >= 11 is 0. The molecule has 0 aliphatic carbocycles. The Kier molecular flexibility index (Phi) is 5.44. The van der Waals surface area contributed by atoms with E-state index in [4.69, 9.17) is 9.47 Å². The summed E-state index contributed by atoms with van der Waals surface area (Å²) in [6.45, 7) is 9.70. The van der Waals surface area contributed by atoms with Crippen LogP contribution in [0.5, 0.6) is 11.5 Å². The molecule has 1 atom stereocenters. The van der Waals surface area contributed by atoms with Crippen LogP contribution in [-0.2, 0) is 6.42 Å². The number of piperidine rings is 1. The van der Waals surface area contributed by atoms with Crippen LogP contribution in [0.1, 0.15) is 45.6 Å². The highest BCUT2D eigenvalue weighted by molar-refractivity contribution is 5.44. The molecule has 2 heterocycles. The molecule has 1 unspecified atom stereocenters. The highest BCUT2D eigenvalue weighted by atomic mass is 16.7. The lowest BCUT2D eigenvalue weighted by molar-refractivity contribution is 0.156. The van der Waals surface area contributed by atoms with Crippen molar-refractivity contribution in [3.8, 4) is 11.5 Å². The molecule has 0 saturated carbocycles. The Bertz CT molecular complexity index is 510. The minimum absolute atomic E-state index is 0.353. The second-order valence-electron chi connectivity index (χ2n) is 7.20. The Labute approximate surface area is 140 Å². The monoisotopic (exact) mass is 318 g/mol. The maximum Gasteiger partial charge on any atom is 0.231 e. The lowest BCUT2D eigenvalue weighted by atomic mass is 10.0. The van der Waals surface area contributed by atoms with Gasteiger partial charge in [0.25, 0.3) is 0 Å². The number of nitrogens with zero attached hydrogens (tertiary/aromatic N) is 1. The Morgan fingerprint density at radius 2 is 1.87 bits per heavy atom. The number of nitrogens with one attached hydrogen (secondary N) is 1. The summed E-state index contributed by atoms with van der Waals surface area (Å²) in [5.41, 5.74) is 1.33. The first kappa shape index (κ1) is 16.6. The molecule has 1 N–H and O–H groups in total. The fraction of sp³-hybridized carbons (Fsp3) is 0.684. The van der Waals surface area contributed by atoms with Crippen LogP contribution in [0.25, 0.3) is 0 Å². The van der Waals surface area contributed by atoms with E-state index in [0.29, 0.717) is 24.9 Å². The van der Waals surface area contributed by atoms with Crippen molar-refractivity contribution < 1.29 is 9.47 Å². The first-order chi connectivity index (χ1) is 11.1. The number of benzene rings is 1. The van der Waals surface area contributed by atoms with Gasteiger partial charge in [0.15, 0.2) is 11.5 Å². The first-order valence-corrected chi connectivity index (χ1v) is 9.00. The van der Waals surface area contributed by atoms with E-state index in [-0.39, 0.29) is 0 Å². The SMILES string of the molecule is CC(CCc1ccc2c(c1)OCO2)NC1CCN(C(C)C)CC1. The largest absolute Gasteiger partial charge is 0.454 e. The van der Waals surface area contributed by atoms with Gasteiger partial charge in [-0.05, 0) is 77.2 Å². The van der Waals surface area contributed by atoms with Crippen molar-refractivity contribution in [2.24, 2.45) is 0 Å². The number of aryl methyl sites for hydroxylation is 1. The van der Waals surface area contributed by atoms with E-state index in [2.05, 4.69) is 43.1 Å². The van der Waals surface area contributed by atoms with Crippen LogP contribution in [0.2, 0.25) is 0 Å². The van der Waals surface area contributed by atoms with Crippen LogP contribution in [0.4, 0.5) is 0 Å². The van der Waals surface area contributed by atoms with Crippen molar-refractivity contribution in [1.82, 2.24) is 10.2 Å². The Morgan fingerprint density at radius 3 is 2.61 bits per heavy atom. The standard InChI is InChI=1S/C19H30N2O2/c1-14(2)21-10-8-17(9-11-21)20-15(3)4-5-16-6-7-18-19(12-16)23-13-22-18/h6-7,12,14-15,17,20H,4-5,8-11,13H2,1-3H3. The van der Waals surface area contributed by atoms with Crippen LogP contribution < -0.4 is 14.8 Å². The predicted molar refractivity (Wildman–Crippen MR) is 93.2 cm³/mol. The van der Waals surface area contributed by atoms with Crippen LogP contribution in [0.15, 0.2) is 18.2 Å². The zero-order valence-corrected chi connectivity index (χ0v) is 14.7. The van der Waals surface area contributed by atoms with Gasteiger partial charge in [0, 0.05) is 18.1 Å². The normalized spacial score (nSPS) is 20.2. The van der Waals surface area contributed by atoms with E-state index in [1.165, 1.54) is 31.5 Å². The van der Waals surface area contributed by atoms with Gasteiger partial charge in [0.2, 0.25) is 6.79 Å². The number of hydrogen-bond donors (Lipinski definition) is 1. The van der Waals surface area contributed by atoms with Crippen molar-refractivity contribution in [1.29, 1.82) is 0 Å². The molecule has 4 heteroatoms. The molecule has 0 bridgehead atoms. The van der Waals surface area contributed by atoms with Gasteiger partial charge in [0.1, 0.15) is 0 Å². The van der Waals surface area contributed by atoms with E-state index >= 15 is 0 Å². The first-order valence-electron chi connectivity index (χ1n) is 9.00. The topological polar surface area (TPSA) is 33.7 Å². The molecule has 1 aromatic rings. The minimum atomic E-state index is 0.353. The number of rotatable bonds is 6. The van der Waals surface area contributed by atoms with Gasteiger partial charge >= 0.3 is 0 Å². The second kappa shape index (κ2) is 7.54. The zero-order chi connectivity index (χ0) is 16.2. The third-order valence-corrected chi connectivity index (χ3v) is 5.08. The van der Waals surface area contributed by atoms with Gasteiger partial charge in [0.05, 0.1) is 0 Å². The highest BCUT2D eigenvalue weighted by Gasteiger charge is 2.21. The molecule has 1 saturated heterocycles. The molecule has 128 valence electrons. The third-order valence-electron chi connectivity index (χ3n) is 5.08.